The van der Waals surface area contributed by atoms with E-state index in [1.54, 1.807) is 0 Å². The van der Waals surface area contributed by atoms with Gasteiger partial charge in [0.15, 0.2) is 17.5 Å². The Balaban J connectivity index is 1.00. The molecule has 12 rings (SSSR count). The van der Waals surface area contributed by atoms with E-state index in [1.807, 2.05) is 24.3 Å². The van der Waals surface area contributed by atoms with Gasteiger partial charge in [0.1, 0.15) is 0 Å². The third-order valence-electron chi connectivity index (χ3n) is 12.4. The molecule has 4 heteroatoms. The van der Waals surface area contributed by atoms with E-state index in [2.05, 4.69) is 212 Å². The summed E-state index contributed by atoms with van der Waals surface area (Å²) in [5, 5.41) is 5.08. The topological polar surface area (TPSA) is 38.7 Å². The molecule has 3 nitrogen and oxygen atoms in total. The van der Waals surface area contributed by atoms with E-state index in [0.717, 1.165) is 27.8 Å². The minimum Gasteiger partial charge on any atom is -0.208 e. The summed E-state index contributed by atoms with van der Waals surface area (Å²) in [5.74, 6) is 1.92. The van der Waals surface area contributed by atoms with Gasteiger partial charge in [0.2, 0.25) is 0 Å². The van der Waals surface area contributed by atoms with Gasteiger partial charge in [0.25, 0.3) is 0 Å². The molecule has 0 unspecified atom stereocenters. The Kier molecular flexibility index (Phi) is 8.91. The molecule has 10 aromatic carbocycles. The maximum atomic E-state index is 5.09. The molecule has 11 aromatic rings. The van der Waals surface area contributed by atoms with Gasteiger partial charge in [-0.2, -0.15) is 0 Å². The first-order chi connectivity index (χ1) is 31.2. The zero-order chi connectivity index (χ0) is 41.7. The van der Waals surface area contributed by atoms with Crippen LogP contribution >= 0.6 is 10.0 Å². The first-order valence-electron chi connectivity index (χ1n) is 21.3. The van der Waals surface area contributed by atoms with E-state index < -0.39 is 10.0 Å². The minimum absolute atomic E-state index is 0.636. The van der Waals surface area contributed by atoms with Crippen molar-refractivity contribution in [2.45, 2.75) is 19.6 Å². The second-order valence-corrected chi connectivity index (χ2v) is 19.0. The molecule has 2 heterocycles. The van der Waals surface area contributed by atoms with Crippen LogP contribution in [-0.4, -0.2) is 15.0 Å². The van der Waals surface area contributed by atoms with Crippen molar-refractivity contribution in [2.24, 2.45) is 0 Å². The second-order valence-electron chi connectivity index (χ2n) is 16.0. The molecule has 1 aliphatic rings. The number of hydrogen-bond acceptors (Lipinski definition) is 3. The highest BCUT2D eigenvalue weighted by Gasteiger charge is 2.43. The molecule has 0 radical (unpaired) electrons. The maximum Gasteiger partial charge on any atom is 0.164 e. The van der Waals surface area contributed by atoms with Crippen molar-refractivity contribution in [3.63, 3.8) is 0 Å². The van der Waals surface area contributed by atoms with Crippen LogP contribution in [0.5, 0.6) is 0 Å². The summed E-state index contributed by atoms with van der Waals surface area (Å²) in [5.41, 5.74) is 10.0. The van der Waals surface area contributed by atoms with Gasteiger partial charge in [-0.05, 0) is 79.2 Å². The lowest BCUT2D eigenvalue weighted by molar-refractivity contribution is 1.07. The average molecular weight is 822 g/mol. The number of benzene rings is 10. The molecule has 296 valence electrons. The Bertz CT molecular complexity index is 3400. The third kappa shape index (κ3) is 6.18. The molecule has 0 saturated heterocycles. The van der Waals surface area contributed by atoms with Crippen LogP contribution in [0.2, 0.25) is 0 Å². The number of aromatic nitrogens is 3. The molecule has 0 spiro atoms. The predicted octanol–water partition coefficient (Wildman–Crippen LogP) is 15.8. The second kappa shape index (κ2) is 15.2. The normalized spacial score (nSPS) is 13.1. The highest BCUT2D eigenvalue weighted by molar-refractivity contribution is 8.34. The quantitative estimate of drug-likeness (QED) is 0.161. The van der Waals surface area contributed by atoms with E-state index >= 15 is 0 Å². The van der Waals surface area contributed by atoms with E-state index in [0.29, 0.717) is 17.5 Å². The molecule has 1 aliphatic heterocycles. The number of hydrogen-bond donors (Lipinski definition) is 0. The van der Waals surface area contributed by atoms with Crippen LogP contribution in [0.25, 0.3) is 89.1 Å². The monoisotopic (exact) mass is 821 g/mol. The van der Waals surface area contributed by atoms with Gasteiger partial charge in [-0.15, -0.1) is 10.0 Å². The van der Waals surface area contributed by atoms with Gasteiger partial charge in [-0.25, -0.2) is 15.0 Å². The van der Waals surface area contributed by atoms with E-state index in [9.17, 15) is 0 Å². The Morgan fingerprint density at radius 1 is 0.238 bits per heavy atom. The van der Waals surface area contributed by atoms with Gasteiger partial charge in [-0.1, -0.05) is 212 Å². The SMILES string of the molecule is c1ccc(-c2ccc(-c3nc(-c4ccccc4)nc(-c4ccc(-c5ccc6c(c5)S(c5cccc7ccccc57)(c5cccc7ccccc57)c5ccccc5-6)cc4)n3)cc2)cc1. The van der Waals surface area contributed by atoms with Crippen molar-refractivity contribution in [3.05, 3.63) is 237 Å². The highest BCUT2D eigenvalue weighted by atomic mass is 32.3. The van der Waals surface area contributed by atoms with Crippen LogP contribution in [0.15, 0.2) is 256 Å². The van der Waals surface area contributed by atoms with Crippen LogP contribution < -0.4 is 0 Å². The van der Waals surface area contributed by atoms with Crippen LogP contribution in [0.4, 0.5) is 0 Å². The highest BCUT2D eigenvalue weighted by Crippen LogP contribution is 2.81. The van der Waals surface area contributed by atoms with E-state index in [1.165, 1.54) is 63.4 Å². The van der Waals surface area contributed by atoms with Crippen molar-refractivity contribution >= 4 is 31.6 Å². The first-order valence-corrected chi connectivity index (χ1v) is 23.0. The van der Waals surface area contributed by atoms with Crippen molar-refractivity contribution < 1.29 is 0 Å². The van der Waals surface area contributed by atoms with Crippen molar-refractivity contribution in [1.82, 2.24) is 15.0 Å². The number of nitrogens with zero attached hydrogens (tertiary/aromatic N) is 3. The molecule has 1 aromatic heterocycles. The summed E-state index contributed by atoms with van der Waals surface area (Å²) in [6.45, 7) is 0. The Hall–Kier alpha value is -7.92. The van der Waals surface area contributed by atoms with E-state index in [4.69, 9.17) is 15.0 Å². The van der Waals surface area contributed by atoms with E-state index in [-0.39, 0.29) is 0 Å². The maximum absolute atomic E-state index is 5.09. The molecule has 0 saturated carbocycles. The molecule has 0 amide bonds. The van der Waals surface area contributed by atoms with Crippen LogP contribution in [-0.2, 0) is 0 Å². The zero-order valence-corrected chi connectivity index (χ0v) is 35.1. The molecule has 0 bridgehead atoms. The van der Waals surface area contributed by atoms with Crippen LogP contribution in [0.3, 0.4) is 0 Å². The summed E-state index contributed by atoms with van der Waals surface area (Å²) < 4.78 is 0. The minimum atomic E-state index is -1.98. The average Bonchev–Trinajstić information content (AvgIpc) is 3.66. The Labute approximate surface area is 368 Å². The molecule has 0 N–H and O–H groups in total. The number of fused-ring (bicyclic) bond motifs is 5. The van der Waals surface area contributed by atoms with Crippen LogP contribution in [0, 0.1) is 0 Å². The lowest BCUT2D eigenvalue weighted by atomic mass is 9.99. The number of rotatable bonds is 7. The van der Waals surface area contributed by atoms with Gasteiger partial charge in [-0.3, -0.25) is 0 Å². The summed E-state index contributed by atoms with van der Waals surface area (Å²) >= 11 is 0. The predicted molar refractivity (Wildman–Crippen MR) is 261 cm³/mol. The molecule has 0 aliphatic carbocycles. The fourth-order valence-electron chi connectivity index (χ4n) is 9.37. The fraction of sp³-hybridized carbons (Fsp3) is 0. The standard InChI is InChI=1S/C59H39N3S/c1-3-15-40(16-4-1)41-29-33-46(34-30-41)58-60-57(45-19-5-2-6-20-45)61-59(62-58)47-35-31-42(32-36-47)48-37-38-52-51-25-11-12-26-55(51)63(56(52)39-48,53-27-13-21-43-17-7-9-23-49(43)53)54-28-14-22-44-18-8-10-24-50(44)54/h1-39H. The van der Waals surface area contributed by atoms with Gasteiger partial charge in [0, 0.05) is 36.3 Å². The molecular weight excluding hydrogens is 783 g/mol. The van der Waals surface area contributed by atoms with Gasteiger partial charge in [0.05, 0.1) is 0 Å². The summed E-state index contributed by atoms with van der Waals surface area (Å²) in [6, 6.07) is 85.6. The molecule has 0 atom stereocenters. The Morgan fingerprint density at radius 3 is 1.17 bits per heavy atom. The third-order valence-corrected chi connectivity index (χ3v) is 16.4. The fourth-order valence-corrected chi connectivity index (χ4v) is 14.0. The van der Waals surface area contributed by atoms with Crippen molar-refractivity contribution in [1.29, 1.82) is 0 Å². The molecular formula is C59H39N3S. The van der Waals surface area contributed by atoms with Crippen molar-refractivity contribution in [3.8, 4) is 67.5 Å². The Morgan fingerprint density at radius 2 is 0.603 bits per heavy atom. The van der Waals surface area contributed by atoms with Gasteiger partial charge < -0.3 is 0 Å². The smallest absolute Gasteiger partial charge is 0.164 e. The summed E-state index contributed by atoms with van der Waals surface area (Å²) in [4.78, 5) is 20.6. The molecule has 0 fully saturated rings. The first kappa shape index (κ1) is 36.9. The summed E-state index contributed by atoms with van der Waals surface area (Å²) in [7, 11) is -1.98. The largest absolute Gasteiger partial charge is 0.208 e. The van der Waals surface area contributed by atoms with Gasteiger partial charge >= 0.3 is 0 Å². The summed E-state index contributed by atoms with van der Waals surface area (Å²) in [6.07, 6.45) is 0. The lowest BCUT2D eigenvalue weighted by Gasteiger charge is -2.41. The zero-order valence-electron chi connectivity index (χ0n) is 34.3. The lowest BCUT2D eigenvalue weighted by Crippen LogP contribution is -2.04. The van der Waals surface area contributed by atoms with Crippen LogP contribution in [0.1, 0.15) is 0 Å². The van der Waals surface area contributed by atoms with Crippen molar-refractivity contribution in [2.75, 3.05) is 0 Å². The molecule has 63 heavy (non-hydrogen) atoms.